The Balaban J connectivity index is -0.000000126. The summed E-state index contributed by atoms with van der Waals surface area (Å²) >= 11 is 0. The number of carboxylic acid groups (broad SMARTS) is 1. The van der Waals surface area contributed by atoms with E-state index in [1.165, 1.54) is 6.92 Å². The van der Waals surface area contributed by atoms with Gasteiger partial charge >= 0.3 is 23.1 Å². The van der Waals surface area contributed by atoms with Gasteiger partial charge in [0.05, 0.1) is 5.97 Å². The smallest absolute Gasteiger partial charge is 0.726 e. The third-order valence-electron chi connectivity index (χ3n) is 0.348. The van der Waals surface area contributed by atoms with Crippen LogP contribution in [0.5, 0.6) is 0 Å². The van der Waals surface area contributed by atoms with Gasteiger partial charge in [-0.2, -0.15) is 0 Å². The molecule has 0 aromatic carbocycles. The molecule has 0 aromatic heterocycles. The zero-order valence-electron chi connectivity index (χ0n) is 6.31. The Morgan fingerprint density at radius 1 is 1.50 bits per heavy atom. The summed E-state index contributed by atoms with van der Waals surface area (Å²) in [6.07, 6.45) is 0. The summed E-state index contributed by atoms with van der Waals surface area (Å²) in [7, 11) is -4.92. The Kier molecular flexibility index (Phi) is 11.1. The molecule has 0 unspecified atom stereocenters. The number of carbonyl (C=O) groups is 1. The van der Waals surface area contributed by atoms with Gasteiger partial charge in [0.25, 0.3) is 0 Å². The van der Waals surface area contributed by atoms with Crippen LogP contribution in [0, 0.1) is 0 Å². The van der Waals surface area contributed by atoms with E-state index in [2.05, 4.69) is 6.58 Å². The molecule has 0 aliphatic carbocycles. The van der Waals surface area contributed by atoms with Gasteiger partial charge in [0.2, 0.25) is 10.4 Å². The van der Waals surface area contributed by atoms with Gasteiger partial charge in [-0.05, 0) is 12.5 Å². The molecule has 0 bridgehead atoms. The van der Waals surface area contributed by atoms with Crippen molar-refractivity contribution in [1.82, 2.24) is 0 Å². The molecule has 0 amide bonds. The van der Waals surface area contributed by atoms with E-state index in [4.69, 9.17) is 17.5 Å². The molecule has 0 rings (SSSR count). The van der Waals surface area contributed by atoms with Gasteiger partial charge in [-0.15, -0.1) is 0 Å². The second-order valence-corrected chi connectivity index (χ2v) is 2.35. The standard InChI is InChI=1S/C4H6O2.Mg.H2O4S/c1-3(2)4(5)6;;1-5(2,3)4/h1H2,2H3,(H,5,6);;(H2,1,2,3,4)/q;+2;/p-2. The Labute approximate surface area is 86.0 Å². The molecule has 0 fully saturated rings. The van der Waals surface area contributed by atoms with E-state index in [1.54, 1.807) is 0 Å². The van der Waals surface area contributed by atoms with Crippen molar-refractivity contribution in [3.63, 3.8) is 0 Å². The fourth-order valence-corrected chi connectivity index (χ4v) is 0. The first kappa shape index (κ1) is 17.8. The zero-order valence-corrected chi connectivity index (χ0v) is 8.54. The molecule has 0 aromatic rings. The largest absolute Gasteiger partial charge is 2.00 e. The Morgan fingerprint density at radius 3 is 1.58 bits per heavy atom. The molecule has 0 aliphatic heterocycles. The van der Waals surface area contributed by atoms with E-state index in [9.17, 15) is 9.90 Å². The quantitative estimate of drug-likeness (QED) is 0.228. The fourth-order valence-electron chi connectivity index (χ4n) is 0. The van der Waals surface area contributed by atoms with Crippen molar-refractivity contribution in [2.75, 3.05) is 0 Å². The molecule has 0 aliphatic rings. The zero-order chi connectivity index (χ0) is 9.65. The minimum Gasteiger partial charge on any atom is -0.726 e. The van der Waals surface area contributed by atoms with Gasteiger partial charge in [0.15, 0.2) is 0 Å². The van der Waals surface area contributed by atoms with Crippen LogP contribution in [0.2, 0.25) is 0 Å². The number of hydrogen-bond donors (Lipinski definition) is 1. The van der Waals surface area contributed by atoms with Crippen molar-refractivity contribution >= 4 is 39.4 Å². The maximum atomic E-state index is 9.49. The first-order valence-electron chi connectivity index (χ1n) is 2.19. The SMILES string of the molecule is C=C(C)C(=O)[O-].O=S(=O)([O-])O.[Mg+2]. The van der Waals surface area contributed by atoms with Gasteiger partial charge in [0.1, 0.15) is 0 Å². The van der Waals surface area contributed by atoms with Crippen LogP contribution in [0.25, 0.3) is 0 Å². The topological polar surface area (TPSA) is 118 Å². The maximum absolute atomic E-state index is 9.49. The average Bonchev–Trinajstić information content (AvgIpc) is 1.59. The van der Waals surface area contributed by atoms with E-state index in [1.807, 2.05) is 0 Å². The van der Waals surface area contributed by atoms with Crippen LogP contribution in [-0.2, 0) is 15.2 Å². The monoisotopic (exact) mass is 206 g/mol. The minimum absolute atomic E-state index is 0. The third-order valence-corrected chi connectivity index (χ3v) is 0.348. The number of rotatable bonds is 1. The molecule has 0 radical (unpaired) electrons. The van der Waals surface area contributed by atoms with Crippen molar-refractivity contribution < 1.29 is 27.4 Å². The van der Waals surface area contributed by atoms with Crippen molar-refractivity contribution in [2.45, 2.75) is 6.92 Å². The molecule has 1 N–H and O–H groups in total. The number of carboxylic acids is 1. The number of hydrogen-bond acceptors (Lipinski definition) is 5. The Hall–Kier alpha value is -0.154. The molecule has 0 atom stereocenters. The summed E-state index contributed by atoms with van der Waals surface area (Å²) in [4.78, 5) is 9.49. The normalized spacial score (nSPS) is 8.58. The van der Waals surface area contributed by atoms with Gasteiger partial charge in [-0.1, -0.05) is 6.58 Å². The van der Waals surface area contributed by atoms with Gasteiger partial charge in [0, 0.05) is 0 Å². The van der Waals surface area contributed by atoms with Gasteiger partial charge < -0.3 is 14.5 Å². The molecule has 66 valence electrons. The van der Waals surface area contributed by atoms with Crippen LogP contribution in [-0.4, -0.2) is 46.5 Å². The van der Waals surface area contributed by atoms with E-state index in [-0.39, 0.29) is 28.6 Å². The summed E-state index contributed by atoms with van der Waals surface area (Å²) in [6.45, 7) is 4.48. The Bertz CT molecular complexity index is 222. The van der Waals surface area contributed by atoms with Gasteiger partial charge in [-0.3, -0.25) is 4.55 Å². The molecule has 12 heavy (non-hydrogen) atoms. The third kappa shape index (κ3) is 52.1. The predicted octanol–water partition coefficient (Wildman–Crippen LogP) is -2.06. The molecule has 0 saturated carbocycles. The van der Waals surface area contributed by atoms with Crippen LogP contribution in [0.15, 0.2) is 12.2 Å². The van der Waals surface area contributed by atoms with Crippen LogP contribution >= 0.6 is 0 Å². The van der Waals surface area contributed by atoms with Crippen LogP contribution in [0.3, 0.4) is 0 Å². The van der Waals surface area contributed by atoms with Crippen molar-refractivity contribution in [3.05, 3.63) is 12.2 Å². The van der Waals surface area contributed by atoms with Gasteiger partial charge in [-0.25, -0.2) is 8.42 Å². The minimum atomic E-state index is -4.92. The first-order chi connectivity index (χ1) is 4.64. The Morgan fingerprint density at radius 2 is 1.58 bits per heavy atom. The predicted molar refractivity (Wildman–Crippen MR) is 37.9 cm³/mol. The fraction of sp³-hybridized carbons (Fsp3) is 0.250. The summed E-state index contributed by atoms with van der Waals surface area (Å²) in [6, 6.07) is 0. The summed E-state index contributed by atoms with van der Waals surface area (Å²) in [5.74, 6) is -1.19. The van der Waals surface area contributed by atoms with Crippen molar-refractivity contribution in [1.29, 1.82) is 0 Å². The van der Waals surface area contributed by atoms with Crippen LogP contribution < -0.4 is 5.11 Å². The summed E-state index contributed by atoms with van der Waals surface area (Å²) in [5, 5.41) is 9.49. The second kappa shape index (κ2) is 7.49. The number of aliphatic carboxylic acids is 1. The molecule has 0 heterocycles. The van der Waals surface area contributed by atoms with Crippen molar-refractivity contribution in [2.24, 2.45) is 0 Å². The van der Waals surface area contributed by atoms with E-state index in [0.717, 1.165) is 0 Å². The summed E-state index contributed by atoms with van der Waals surface area (Å²) < 4.78 is 32.8. The summed E-state index contributed by atoms with van der Waals surface area (Å²) in [5.41, 5.74) is 0.0648. The maximum Gasteiger partial charge on any atom is 2.00 e. The molecular weight excluding hydrogens is 200 g/mol. The average molecular weight is 206 g/mol. The molecular formula is C4H6MgO6S. The second-order valence-electron chi connectivity index (χ2n) is 1.50. The van der Waals surface area contributed by atoms with Crippen molar-refractivity contribution in [3.8, 4) is 0 Å². The number of carbonyl (C=O) groups excluding carboxylic acids is 1. The van der Waals surface area contributed by atoms with E-state index in [0.29, 0.717) is 0 Å². The molecule has 8 heteroatoms. The van der Waals surface area contributed by atoms with E-state index >= 15 is 0 Å². The van der Waals surface area contributed by atoms with E-state index < -0.39 is 16.4 Å². The first-order valence-corrected chi connectivity index (χ1v) is 3.56. The van der Waals surface area contributed by atoms with Crippen LogP contribution in [0.1, 0.15) is 6.92 Å². The molecule has 0 saturated heterocycles. The molecule has 6 nitrogen and oxygen atoms in total. The molecule has 0 spiro atoms. The van der Waals surface area contributed by atoms with Crippen LogP contribution in [0.4, 0.5) is 0 Å².